The molecule has 3 aliphatic rings. The Labute approximate surface area is 162 Å². The van der Waals surface area contributed by atoms with Crippen LogP contribution in [0.15, 0.2) is 40.1 Å². The second kappa shape index (κ2) is 6.64. The number of fused-ring (bicyclic) bond motifs is 1. The molecule has 2 aromatic heterocycles. The van der Waals surface area contributed by atoms with Crippen molar-refractivity contribution in [3.8, 4) is 0 Å². The molecule has 140 valence electrons. The molecular formula is C20H23N5OS. The van der Waals surface area contributed by atoms with E-state index in [9.17, 15) is 4.79 Å². The molecule has 0 bridgehead atoms. The first kappa shape index (κ1) is 16.7. The lowest BCUT2D eigenvalue weighted by Crippen LogP contribution is -2.55. The normalized spacial score (nSPS) is 26.2. The van der Waals surface area contributed by atoms with Crippen molar-refractivity contribution < 1.29 is 4.79 Å². The first-order valence-electron chi connectivity index (χ1n) is 9.63. The van der Waals surface area contributed by atoms with Crippen LogP contribution in [0.1, 0.15) is 42.5 Å². The highest BCUT2D eigenvalue weighted by Gasteiger charge is 2.47. The molecule has 5 rings (SSSR count). The van der Waals surface area contributed by atoms with Gasteiger partial charge in [-0.15, -0.1) is 0 Å². The minimum atomic E-state index is -0.357. The van der Waals surface area contributed by atoms with Crippen molar-refractivity contribution in [3.63, 3.8) is 0 Å². The zero-order chi connectivity index (χ0) is 18.3. The topological polar surface area (TPSA) is 69.6 Å². The van der Waals surface area contributed by atoms with Crippen molar-refractivity contribution >= 4 is 34.6 Å². The average Bonchev–Trinajstić information content (AvgIpc) is 3.44. The Hall–Kier alpha value is -2.41. The Morgan fingerprint density at radius 1 is 1.33 bits per heavy atom. The highest BCUT2D eigenvalue weighted by atomic mass is 32.1. The maximum absolute atomic E-state index is 12.9. The lowest BCUT2D eigenvalue weighted by molar-refractivity contribution is 0.0790. The summed E-state index contributed by atoms with van der Waals surface area (Å²) in [6.07, 6.45) is 7.43. The van der Waals surface area contributed by atoms with E-state index in [2.05, 4.69) is 15.6 Å². The summed E-state index contributed by atoms with van der Waals surface area (Å²) in [5.41, 5.74) is 1.40. The molecule has 2 N–H and O–H groups in total. The smallest absolute Gasteiger partial charge is 0.254 e. The molecule has 1 saturated carbocycles. The van der Waals surface area contributed by atoms with Gasteiger partial charge in [-0.25, -0.2) is 4.98 Å². The van der Waals surface area contributed by atoms with Crippen LogP contribution >= 0.6 is 11.3 Å². The van der Waals surface area contributed by atoms with Crippen LogP contribution in [-0.4, -0.2) is 46.3 Å². The van der Waals surface area contributed by atoms with Gasteiger partial charge < -0.3 is 15.5 Å². The van der Waals surface area contributed by atoms with Gasteiger partial charge in [0.2, 0.25) is 0 Å². The Bertz CT molecular complexity index is 874. The summed E-state index contributed by atoms with van der Waals surface area (Å²) in [5, 5.41) is 11.0. The van der Waals surface area contributed by atoms with Crippen LogP contribution in [0.4, 0.5) is 11.5 Å². The van der Waals surface area contributed by atoms with E-state index >= 15 is 0 Å². The number of hydrogen-bond acceptors (Lipinski definition) is 5. The van der Waals surface area contributed by atoms with Crippen molar-refractivity contribution in [1.29, 1.82) is 0 Å². The number of carbonyl (C=O) groups is 1. The van der Waals surface area contributed by atoms with Gasteiger partial charge in [-0.05, 0) is 42.8 Å². The molecule has 1 unspecified atom stereocenters. The van der Waals surface area contributed by atoms with Crippen molar-refractivity contribution in [2.24, 2.45) is 4.99 Å². The van der Waals surface area contributed by atoms with Crippen molar-refractivity contribution in [2.75, 3.05) is 23.7 Å². The second-order valence-corrected chi connectivity index (χ2v) is 8.42. The number of rotatable bonds is 2. The Kier molecular flexibility index (Phi) is 4.11. The van der Waals surface area contributed by atoms with E-state index in [-0.39, 0.29) is 11.4 Å². The van der Waals surface area contributed by atoms with Crippen LogP contribution in [0.3, 0.4) is 0 Å². The van der Waals surface area contributed by atoms with Crippen molar-refractivity contribution in [1.82, 2.24) is 9.88 Å². The molecule has 1 atom stereocenters. The summed E-state index contributed by atoms with van der Waals surface area (Å²) >= 11 is 1.56. The fraction of sp³-hybridized carbons (Fsp3) is 0.450. The number of carbonyl (C=O) groups excluding carboxylic acids is 1. The number of nitrogens with one attached hydrogen (secondary N) is 2. The molecule has 27 heavy (non-hydrogen) atoms. The molecule has 1 saturated heterocycles. The predicted molar refractivity (Wildman–Crippen MR) is 109 cm³/mol. The SMILES string of the molecule is O=C(c1ccsc1)N1CCC2(C1)Nc1cccnc1NC2=NC1CCCC1. The fourth-order valence-corrected chi connectivity index (χ4v) is 5.00. The maximum atomic E-state index is 12.9. The van der Waals surface area contributed by atoms with Crippen LogP contribution in [0.5, 0.6) is 0 Å². The third-order valence-electron chi connectivity index (χ3n) is 5.83. The molecule has 1 aliphatic carbocycles. The van der Waals surface area contributed by atoms with Crippen LogP contribution in [0.2, 0.25) is 0 Å². The van der Waals surface area contributed by atoms with Gasteiger partial charge >= 0.3 is 0 Å². The van der Waals surface area contributed by atoms with Gasteiger partial charge in [-0.1, -0.05) is 12.8 Å². The number of nitrogens with zero attached hydrogens (tertiary/aromatic N) is 3. The first-order valence-corrected chi connectivity index (χ1v) is 10.6. The van der Waals surface area contributed by atoms with Crippen molar-refractivity contribution in [3.05, 3.63) is 40.7 Å². The zero-order valence-electron chi connectivity index (χ0n) is 15.1. The summed E-state index contributed by atoms with van der Waals surface area (Å²) in [5.74, 6) is 1.87. The average molecular weight is 382 g/mol. The quantitative estimate of drug-likeness (QED) is 0.834. The highest BCUT2D eigenvalue weighted by molar-refractivity contribution is 7.08. The second-order valence-electron chi connectivity index (χ2n) is 7.64. The number of aliphatic imine (C=N–C) groups is 1. The van der Waals surface area contributed by atoms with E-state index in [1.807, 2.05) is 33.9 Å². The lowest BCUT2D eigenvalue weighted by Gasteiger charge is -2.38. The largest absolute Gasteiger partial charge is 0.368 e. The molecule has 0 aromatic carbocycles. The van der Waals surface area contributed by atoms with E-state index in [0.717, 1.165) is 48.7 Å². The summed E-state index contributed by atoms with van der Waals surface area (Å²) < 4.78 is 0. The Morgan fingerprint density at radius 3 is 3.04 bits per heavy atom. The van der Waals surface area contributed by atoms with E-state index in [4.69, 9.17) is 4.99 Å². The van der Waals surface area contributed by atoms with Crippen LogP contribution in [0, 0.1) is 0 Å². The zero-order valence-corrected chi connectivity index (χ0v) is 16.0. The molecule has 0 radical (unpaired) electrons. The summed E-state index contributed by atoms with van der Waals surface area (Å²) in [4.78, 5) is 24.4. The summed E-state index contributed by atoms with van der Waals surface area (Å²) in [7, 11) is 0. The number of amidine groups is 1. The van der Waals surface area contributed by atoms with Gasteiger partial charge in [-0.3, -0.25) is 9.79 Å². The van der Waals surface area contributed by atoms with E-state index in [0.29, 0.717) is 12.6 Å². The Balaban J connectivity index is 1.47. The van der Waals surface area contributed by atoms with Gasteiger partial charge in [0.15, 0.2) is 5.82 Å². The summed E-state index contributed by atoms with van der Waals surface area (Å²) in [6.45, 7) is 1.34. The standard InChI is InChI=1S/C20H23N5OS/c26-18(14-7-11-27-12-14)25-10-8-20(13-25)19(22-15-4-1-2-5-15)23-17-16(24-20)6-3-9-21-17/h3,6-7,9,11-12,15,24H,1-2,4-5,8,10,13H2,(H,21,22,23). The molecule has 6 nitrogen and oxygen atoms in total. The lowest BCUT2D eigenvalue weighted by atomic mass is 9.93. The van der Waals surface area contributed by atoms with Gasteiger partial charge in [0.05, 0.1) is 23.8 Å². The number of hydrogen-bond donors (Lipinski definition) is 2. The number of thiophene rings is 1. The van der Waals surface area contributed by atoms with E-state index in [1.165, 1.54) is 12.8 Å². The molecule has 4 heterocycles. The third kappa shape index (κ3) is 3.00. The van der Waals surface area contributed by atoms with Gasteiger partial charge in [0.1, 0.15) is 11.4 Å². The van der Waals surface area contributed by atoms with E-state index < -0.39 is 0 Å². The number of aromatic nitrogens is 1. The van der Waals surface area contributed by atoms with Gasteiger partial charge in [0.25, 0.3) is 5.91 Å². The first-order chi connectivity index (χ1) is 13.2. The third-order valence-corrected chi connectivity index (χ3v) is 6.52. The maximum Gasteiger partial charge on any atom is 0.254 e. The monoisotopic (exact) mass is 381 g/mol. The predicted octanol–water partition coefficient (Wildman–Crippen LogP) is 3.61. The molecule has 1 amide bonds. The number of pyridine rings is 1. The van der Waals surface area contributed by atoms with Crippen LogP contribution < -0.4 is 10.6 Å². The van der Waals surface area contributed by atoms with Crippen molar-refractivity contribution in [2.45, 2.75) is 43.7 Å². The van der Waals surface area contributed by atoms with Gasteiger partial charge in [-0.2, -0.15) is 11.3 Å². The number of likely N-dealkylation sites (tertiary alicyclic amines) is 1. The minimum Gasteiger partial charge on any atom is -0.368 e. The number of anilines is 2. The fourth-order valence-electron chi connectivity index (χ4n) is 4.37. The Morgan fingerprint density at radius 2 is 2.22 bits per heavy atom. The number of amides is 1. The molecular weight excluding hydrogens is 358 g/mol. The molecule has 2 fully saturated rings. The minimum absolute atomic E-state index is 0.104. The molecule has 1 spiro atoms. The van der Waals surface area contributed by atoms with E-state index in [1.54, 1.807) is 17.5 Å². The highest BCUT2D eigenvalue weighted by Crippen LogP contribution is 2.37. The molecule has 2 aliphatic heterocycles. The van der Waals surface area contributed by atoms with Gasteiger partial charge in [0, 0.05) is 18.1 Å². The van der Waals surface area contributed by atoms with Crippen LogP contribution in [-0.2, 0) is 0 Å². The molecule has 2 aromatic rings. The summed E-state index contributed by atoms with van der Waals surface area (Å²) in [6, 6.07) is 6.24. The molecule has 7 heteroatoms. The van der Waals surface area contributed by atoms with Crippen LogP contribution in [0.25, 0.3) is 0 Å².